The fraction of sp³-hybridized carbons (Fsp3) is 0.500. The van der Waals surface area contributed by atoms with E-state index in [1.165, 1.54) is 26.5 Å². The summed E-state index contributed by atoms with van der Waals surface area (Å²) in [4.78, 5) is 21.8. The van der Waals surface area contributed by atoms with Crippen molar-refractivity contribution in [2.24, 2.45) is 0 Å². The molecule has 0 bridgehead atoms. The smallest absolute Gasteiger partial charge is 0.305 e. The van der Waals surface area contributed by atoms with E-state index < -0.39 is 0 Å². The molecule has 0 atom stereocenters. The normalized spacial score (nSPS) is 10.4. The number of carbonyl (C=O) groups excluding carboxylic acids is 2. The molecule has 0 aliphatic heterocycles. The molecule has 0 radical (unpaired) electrons. The van der Waals surface area contributed by atoms with E-state index in [9.17, 15) is 9.59 Å². The lowest BCUT2D eigenvalue weighted by Crippen LogP contribution is -1.99. The maximum absolute atomic E-state index is 10.9. The largest absolute Gasteiger partial charge is 0.469 e. The Bertz CT molecular complexity index is 599. The monoisotopic (exact) mass is 330 g/mol. The van der Waals surface area contributed by atoms with Crippen LogP contribution in [0.25, 0.3) is 6.08 Å². The Morgan fingerprint density at radius 2 is 1.83 bits per heavy atom. The van der Waals surface area contributed by atoms with Gasteiger partial charge in [-0.25, -0.2) is 0 Å². The summed E-state index contributed by atoms with van der Waals surface area (Å²) in [7, 11) is 1.43. The first-order chi connectivity index (χ1) is 11.6. The Kier molecular flexibility index (Phi) is 10.0. The van der Waals surface area contributed by atoms with E-state index >= 15 is 0 Å². The molecule has 0 aliphatic rings. The average Bonchev–Trinajstić information content (AvgIpc) is 3.02. The van der Waals surface area contributed by atoms with Crippen molar-refractivity contribution in [3.63, 3.8) is 0 Å². The summed E-state index contributed by atoms with van der Waals surface area (Å²) in [6, 6.07) is 3.62. The molecule has 0 aliphatic carbocycles. The molecular formula is C20H26O4. The first-order valence-electron chi connectivity index (χ1n) is 8.46. The number of hydrogen-bond donors (Lipinski definition) is 0. The van der Waals surface area contributed by atoms with Crippen LogP contribution in [0.3, 0.4) is 0 Å². The third-order valence-electron chi connectivity index (χ3n) is 3.48. The highest BCUT2D eigenvalue weighted by Gasteiger charge is 1.99. The summed E-state index contributed by atoms with van der Waals surface area (Å²) >= 11 is 0. The van der Waals surface area contributed by atoms with Crippen molar-refractivity contribution in [2.45, 2.75) is 58.3 Å². The summed E-state index contributed by atoms with van der Waals surface area (Å²) in [5.41, 5.74) is 0. The van der Waals surface area contributed by atoms with Gasteiger partial charge in [0.2, 0.25) is 0 Å². The number of esters is 1. The fourth-order valence-electron chi connectivity index (χ4n) is 2.15. The van der Waals surface area contributed by atoms with Crippen LogP contribution in [0.4, 0.5) is 0 Å². The number of rotatable bonds is 10. The molecule has 0 amide bonds. The van der Waals surface area contributed by atoms with Gasteiger partial charge in [0.25, 0.3) is 0 Å². The summed E-state index contributed by atoms with van der Waals surface area (Å²) in [6.45, 7) is 1.50. The summed E-state index contributed by atoms with van der Waals surface area (Å²) in [5, 5.41) is 0. The number of methoxy groups -OCH3 is 1. The highest BCUT2D eigenvalue weighted by atomic mass is 16.5. The lowest BCUT2D eigenvalue weighted by atomic mass is 10.1. The first kappa shape index (κ1) is 19.8. The van der Waals surface area contributed by atoms with Gasteiger partial charge in [0.1, 0.15) is 5.76 Å². The van der Waals surface area contributed by atoms with Gasteiger partial charge in [0, 0.05) is 12.8 Å². The Labute approximate surface area is 144 Å². The molecule has 0 N–H and O–H groups in total. The van der Waals surface area contributed by atoms with Crippen molar-refractivity contribution >= 4 is 17.8 Å². The Morgan fingerprint density at radius 3 is 2.54 bits per heavy atom. The fourth-order valence-corrected chi connectivity index (χ4v) is 2.15. The van der Waals surface area contributed by atoms with Crippen LogP contribution in [0.2, 0.25) is 0 Å². The predicted molar refractivity (Wildman–Crippen MR) is 94.3 cm³/mol. The molecule has 0 saturated heterocycles. The number of hydrogen-bond acceptors (Lipinski definition) is 4. The van der Waals surface area contributed by atoms with Gasteiger partial charge in [-0.1, -0.05) is 31.6 Å². The Balaban J connectivity index is 2.09. The van der Waals surface area contributed by atoms with E-state index in [2.05, 4.69) is 16.6 Å². The van der Waals surface area contributed by atoms with Crippen molar-refractivity contribution in [1.29, 1.82) is 0 Å². The number of ketones is 1. The first-order valence-corrected chi connectivity index (χ1v) is 8.46. The van der Waals surface area contributed by atoms with Gasteiger partial charge in [-0.3, -0.25) is 9.59 Å². The quantitative estimate of drug-likeness (QED) is 0.274. The van der Waals surface area contributed by atoms with Crippen LogP contribution >= 0.6 is 0 Å². The van der Waals surface area contributed by atoms with Crippen molar-refractivity contribution in [3.8, 4) is 11.8 Å². The molecule has 1 heterocycles. The minimum absolute atomic E-state index is 0.00988. The van der Waals surface area contributed by atoms with E-state index in [4.69, 9.17) is 4.42 Å². The summed E-state index contributed by atoms with van der Waals surface area (Å²) in [5.74, 6) is 7.24. The highest BCUT2D eigenvalue weighted by Crippen LogP contribution is 2.10. The van der Waals surface area contributed by atoms with E-state index in [0.29, 0.717) is 17.9 Å². The van der Waals surface area contributed by atoms with E-state index in [-0.39, 0.29) is 11.8 Å². The second kappa shape index (κ2) is 12.2. The van der Waals surface area contributed by atoms with Crippen LogP contribution in [-0.4, -0.2) is 18.9 Å². The van der Waals surface area contributed by atoms with Gasteiger partial charge in [-0.2, -0.15) is 0 Å². The molecule has 130 valence electrons. The van der Waals surface area contributed by atoms with Crippen LogP contribution in [0.15, 0.2) is 22.6 Å². The number of ether oxygens (including phenoxy) is 1. The Hall–Kier alpha value is -2.28. The van der Waals surface area contributed by atoms with Crippen molar-refractivity contribution in [1.82, 2.24) is 0 Å². The maximum atomic E-state index is 10.9. The molecule has 1 rings (SSSR count). The van der Waals surface area contributed by atoms with Crippen molar-refractivity contribution in [3.05, 3.63) is 29.7 Å². The lowest BCUT2D eigenvalue weighted by Gasteiger charge is -2.00. The molecule has 0 fully saturated rings. The SMILES string of the molecule is COC(=O)CCCCCCCCC#Cc1ccc(/C=C/C(C)=O)o1. The van der Waals surface area contributed by atoms with Crippen LogP contribution in [0, 0.1) is 11.8 Å². The third kappa shape index (κ3) is 9.68. The summed E-state index contributed by atoms with van der Waals surface area (Å²) < 4.78 is 10.1. The minimum atomic E-state index is -0.122. The molecule has 4 heteroatoms. The van der Waals surface area contributed by atoms with Gasteiger partial charge in [0.15, 0.2) is 11.5 Å². The van der Waals surface area contributed by atoms with Crippen LogP contribution in [-0.2, 0) is 14.3 Å². The molecule has 1 aromatic heterocycles. The average molecular weight is 330 g/mol. The zero-order chi connectivity index (χ0) is 17.6. The molecule has 24 heavy (non-hydrogen) atoms. The molecular weight excluding hydrogens is 304 g/mol. The van der Waals surface area contributed by atoms with Gasteiger partial charge in [-0.15, -0.1) is 0 Å². The zero-order valence-corrected chi connectivity index (χ0v) is 14.6. The standard InChI is InChI=1S/C20H26O4/c1-17(21)13-14-19-16-15-18(24-19)11-9-7-5-3-4-6-8-10-12-20(22)23-2/h13-16H,3-8,10,12H2,1-2H3/b14-13+. The van der Waals surface area contributed by atoms with Crippen LogP contribution in [0.5, 0.6) is 0 Å². The molecule has 0 spiro atoms. The molecule has 4 nitrogen and oxygen atoms in total. The van der Waals surface area contributed by atoms with Crippen molar-refractivity contribution < 1.29 is 18.7 Å². The van der Waals surface area contributed by atoms with Gasteiger partial charge in [0.05, 0.1) is 7.11 Å². The zero-order valence-electron chi connectivity index (χ0n) is 14.6. The second-order valence-electron chi connectivity index (χ2n) is 5.65. The number of furan rings is 1. The second-order valence-corrected chi connectivity index (χ2v) is 5.65. The molecule has 0 unspecified atom stereocenters. The third-order valence-corrected chi connectivity index (χ3v) is 3.48. The minimum Gasteiger partial charge on any atom is -0.469 e. The van der Waals surface area contributed by atoms with Crippen LogP contribution < -0.4 is 0 Å². The number of allylic oxidation sites excluding steroid dienone is 1. The number of carbonyl (C=O) groups is 2. The predicted octanol–water partition coefficient (Wildman–Crippen LogP) is 4.53. The highest BCUT2D eigenvalue weighted by molar-refractivity contribution is 5.91. The molecule has 0 aromatic carbocycles. The van der Waals surface area contributed by atoms with Gasteiger partial charge in [-0.05, 0) is 50.0 Å². The molecule has 0 saturated carbocycles. The van der Waals surface area contributed by atoms with Gasteiger partial charge >= 0.3 is 5.97 Å². The van der Waals surface area contributed by atoms with Crippen molar-refractivity contribution in [2.75, 3.05) is 7.11 Å². The van der Waals surface area contributed by atoms with Crippen LogP contribution in [0.1, 0.15) is 69.8 Å². The summed E-state index contributed by atoms with van der Waals surface area (Å²) in [6.07, 6.45) is 11.0. The Morgan fingerprint density at radius 1 is 1.12 bits per heavy atom. The van der Waals surface area contributed by atoms with Gasteiger partial charge < -0.3 is 9.15 Å². The van der Waals surface area contributed by atoms with E-state index in [1.54, 1.807) is 12.1 Å². The topological polar surface area (TPSA) is 56.5 Å². The lowest BCUT2D eigenvalue weighted by molar-refractivity contribution is -0.140. The molecule has 1 aromatic rings. The number of unbranched alkanes of at least 4 members (excludes halogenated alkanes) is 6. The maximum Gasteiger partial charge on any atom is 0.305 e. The van der Waals surface area contributed by atoms with E-state index in [1.807, 2.05) is 6.07 Å². The van der Waals surface area contributed by atoms with E-state index in [0.717, 1.165) is 38.5 Å².